The lowest BCUT2D eigenvalue weighted by molar-refractivity contribution is 0.0600. The largest absolute Gasteiger partial charge is 0.465 e. The number of ether oxygens (including phenoxy) is 1. The van der Waals surface area contributed by atoms with Gasteiger partial charge in [0.1, 0.15) is 0 Å². The van der Waals surface area contributed by atoms with E-state index in [1.54, 1.807) is 18.5 Å². The van der Waals surface area contributed by atoms with Crippen molar-refractivity contribution in [3.63, 3.8) is 0 Å². The number of esters is 1. The summed E-state index contributed by atoms with van der Waals surface area (Å²) in [6, 6.07) is 9.88. The van der Waals surface area contributed by atoms with Gasteiger partial charge < -0.3 is 4.74 Å². The summed E-state index contributed by atoms with van der Waals surface area (Å²) >= 11 is 0. The number of carbonyl (C=O) groups excluding carboxylic acids is 1. The number of methoxy groups -OCH3 is 1. The van der Waals surface area contributed by atoms with Crippen LogP contribution in [0.2, 0.25) is 0 Å². The van der Waals surface area contributed by atoms with Crippen LogP contribution in [0.1, 0.15) is 15.9 Å². The normalized spacial score (nSPS) is 16.3. The van der Waals surface area contributed by atoms with Crippen LogP contribution < -0.4 is 0 Å². The van der Waals surface area contributed by atoms with Crippen molar-refractivity contribution in [3.8, 4) is 0 Å². The molecule has 0 radical (unpaired) electrons. The van der Waals surface area contributed by atoms with Gasteiger partial charge in [-0.15, -0.1) is 0 Å². The van der Waals surface area contributed by atoms with E-state index in [-0.39, 0.29) is 10.5 Å². The molecular formula is C18H21N3O4S. The molecule has 1 aliphatic rings. The minimum absolute atomic E-state index is 0.114. The Bertz CT molecular complexity index is 863. The SMILES string of the molecule is COC(=O)c1cccc(S(=O)(=O)N2CCN(Cc3ccncc3)CC2)c1. The average Bonchev–Trinajstić information content (AvgIpc) is 2.68. The minimum atomic E-state index is -3.63. The molecule has 0 unspecified atom stereocenters. The van der Waals surface area contributed by atoms with Crippen LogP contribution in [0.4, 0.5) is 0 Å². The molecule has 0 bridgehead atoms. The van der Waals surface area contributed by atoms with Crippen LogP contribution in [0.25, 0.3) is 0 Å². The summed E-state index contributed by atoms with van der Waals surface area (Å²) in [5.74, 6) is -0.552. The highest BCUT2D eigenvalue weighted by molar-refractivity contribution is 7.89. The van der Waals surface area contributed by atoms with Gasteiger partial charge >= 0.3 is 5.97 Å². The summed E-state index contributed by atoms with van der Waals surface area (Å²) in [5.41, 5.74) is 1.38. The van der Waals surface area contributed by atoms with Gasteiger partial charge in [0.05, 0.1) is 17.6 Å². The Labute approximate surface area is 153 Å². The Hall–Kier alpha value is -2.29. The maximum absolute atomic E-state index is 12.9. The van der Waals surface area contributed by atoms with E-state index in [4.69, 9.17) is 0 Å². The van der Waals surface area contributed by atoms with Crippen LogP contribution in [0.15, 0.2) is 53.7 Å². The second kappa shape index (κ2) is 7.94. The van der Waals surface area contributed by atoms with E-state index in [0.717, 1.165) is 12.1 Å². The first kappa shape index (κ1) is 18.5. The molecular weight excluding hydrogens is 354 g/mol. The smallest absolute Gasteiger partial charge is 0.337 e. The van der Waals surface area contributed by atoms with E-state index < -0.39 is 16.0 Å². The van der Waals surface area contributed by atoms with Crippen LogP contribution in [-0.4, -0.2) is 61.9 Å². The summed E-state index contributed by atoms with van der Waals surface area (Å²) in [6.45, 7) is 2.90. The van der Waals surface area contributed by atoms with E-state index in [1.165, 1.54) is 29.6 Å². The van der Waals surface area contributed by atoms with Crippen molar-refractivity contribution in [2.24, 2.45) is 0 Å². The van der Waals surface area contributed by atoms with Gasteiger partial charge in [0, 0.05) is 45.1 Å². The van der Waals surface area contributed by atoms with Gasteiger partial charge in [-0.25, -0.2) is 13.2 Å². The number of rotatable bonds is 5. The first-order valence-corrected chi connectivity index (χ1v) is 9.74. The van der Waals surface area contributed by atoms with Gasteiger partial charge in [0.2, 0.25) is 10.0 Å². The first-order valence-electron chi connectivity index (χ1n) is 8.30. The van der Waals surface area contributed by atoms with Crippen molar-refractivity contribution in [2.45, 2.75) is 11.4 Å². The predicted molar refractivity (Wildman–Crippen MR) is 96.1 cm³/mol. The van der Waals surface area contributed by atoms with Gasteiger partial charge in [-0.1, -0.05) is 6.07 Å². The number of piperazine rings is 1. The summed E-state index contributed by atoms with van der Waals surface area (Å²) in [5, 5.41) is 0. The van der Waals surface area contributed by atoms with Gasteiger partial charge in [0.25, 0.3) is 0 Å². The average molecular weight is 375 g/mol. The van der Waals surface area contributed by atoms with Crippen LogP contribution in [0, 0.1) is 0 Å². The fourth-order valence-electron chi connectivity index (χ4n) is 2.92. The molecule has 0 N–H and O–H groups in total. The van der Waals surface area contributed by atoms with Crippen LogP contribution in [0.3, 0.4) is 0 Å². The molecule has 2 aromatic rings. The number of nitrogens with zero attached hydrogens (tertiary/aromatic N) is 3. The van der Waals surface area contributed by atoms with Crippen LogP contribution in [0.5, 0.6) is 0 Å². The van der Waals surface area contributed by atoms with Crippen molar-refractivity contribution < 1.29 is 17.9 Å². The molecule has 26 heavy (non-hydrogen) atoms. The van der Waals surface area contributed by atoms with E-state index in [1.807, 2.05) is 12.1 Å². The summed E-state index contributed by atoms with van der Waals surface area (Å²) < 4.78 is 31.9. The molecule has 7 nitrogen and oxygen atoms in total. The standard InChI is InChI=1S/C18H21N3O4S/c1-25-18(22)16-3-2-4-17(13-16)26(23,24)21-11-9-20(10-12-21)14-15-5-7-19-8-6-15/h2-8,13H,9-12,14H2,1H3. The lowest BCUT2D eigenvalue weighted by Crippen LogP contribution is -2.48. The molecule has 0 amide bonds. The Morgan fingerprint density at radius 2 is 1.81 bits per heavy atom. The molecule has 1 aromatic carbocycles. The number of sulfonamides is 1. The van der Waals surface area contributed by atoms with Gasteiger partial charge in [-0.05, 0) is 35.9 Å². The number of carbonyl (C=O) groups is 1. The zero-order chi connectivity index (χ0) is 18.6. The maximum Gasteiger partial charge on any atom is 0.337 e. The van der Waals surface area contributed by atoms with E-state index in [0.29, 0.717) is 26.2 Å². The summed E-state index contributed by atoms with van der Waals surface area (Å²) in [6.07, 6.45) is 3.51. The lowest BCUT2D eigenvalue weighted by atomic mass is 10.2. The number of pyridine rings is 1. The third-order valence-electron chi connectivity index (χ3n) is 4.38. The molecule has 3 rings (SSSR count). The number of hydrogen-bond acceptors (Lipinski definition) is 6. The molecule has 1 aliphatic heterocycles. The topological polar surface area (TPSA) is 79.8 Å². The second-order valence-electron chi connectivity index (χ2n) is 6.06. The fraction of sp³-hybridized carbons (Fsp3) is 0.333. The van der Waals surface area contributed by atoms with Crippen molar-refractivity contribution in [3.05, 3.63) is 59.9 Å². The molecule has 0 saturated carbocycles. The molecule has 2 heterocycles. The Morgan fingerprint density at radius 1 is 1.12 bits per heavy atom. The molecule has 8 heteroatoms. The molecule has 1 fully saturated rings. The maximum atomic E-state index is 12.9. The Kier molecular flexibility index (Phi) is 5.65. The molecule has 0 atom stereocenters. The molecule has 138 valence electrons. The molecule has 0 spiro atoms. The zero-order valence-corrected chi connectivity index (χ0v) is 15.4. The molecule has 1 saturated heterocycles. The predicted octanol–water partition coefficient (Wildman–Crippen LogP) is 1.37. The van der Waals surface area contributed by atoms with Crippen molar-refractivity contribution in [1.82, 2.24) is 14.2 Å². The Morgan fingerprint density at radius 3 is 2.46 bits per heavy atom. The highest BCUT2D eigenvalue weighted by Gasteiger charge is 2.29. The zero-order valence-electron chi connectivity index (χ0n) is 14.5. The first-order chi connectivity index (χ1) is 12.5. The third-order valence-corrected chi connectivity index (χ3v) is 6.27. The van der Waals surface area contributed by atoms with E-state index in [2.05, 4.69) is 14.6 Å². The number of aromatic nitrogens is 1. The quantitative estimate of drug-likeness (QED) is 0.735. The second-order valence-corrected chi connectivity index (χ2v) is 7.99. The highest BCUT2D eigenvalue weighted by Crippen LogP contribution is 2.20. The van der Waals surface area contributed by atoms with Gasteiger partial charge in [-0.2, -0.15) is 4.31 Å². The van der Waals surface area contributed by atoms with Crippen molar-refractivity contribution in [1.29, 1.82) is 0 Å². The monoisotopic (exact) mass is 375 g/mol. The molecule has 0 aliphatic carbocycles. The lowest BCUT2D eigenvalue weighted by Gasteiger charge is -2.34. The van der Waals surface area contributed by atoms with Crippen LogP contribution in [-0.2, 0) is 21.3 Å². The highest BCUT2D eigenvalue weighted by atomic mass is 32.2. The fourth-order valence-corrected chi connectivity index (χ4v) is 4.39. The van der Waals surface area contributed by atoms with Gasteiger partial charge in [0.15, 0.2) is 0 Å². The summed E-state index contributed by atoms with van der Waals surface area (Å²) in [4.78, 5) is 18.0. The van der Waals surface area contributed by atoms with E-state index in [9.17, 15) is 13.2 Å². The number of benzene rings is 1. The van der Waals surface area contributed by atoms with E-state index >= 15 is 0 Å². The summed E-state index contributed by atoms with van der Waals surface area (Å²) in [7, 11) is -2.36. The van der Waals surface area contributed by atoms with Crippen LogP contribution >= 0.6 is 0 Å². The van der Waals surface area contributed by atoms with Crippen molar-refractivity contribution in [2.75, 3.05) is 33.3 Å². The third kappa shape index (κ3) is 4.09. The molecule has 1 aromatic heterocycles. The van der Waals surface area contributed by atoms with Gasteiger partial charge in [-0.3, -0.25) is 9.88 Å². The Balaban J connectivity index is 1.67. The number of hydrogen-bond donors (Lipinski definition) is 0. The minimum Gasteiger partial charge on any atom is -0.465 e. The van der Waals surface area contributed by atoms with Crippen molar-refractivity contribution >= 4 is 16.0 Å².